The molecule has 0 radical (unpaired) electrons. The van der Waals surface area contributed by atoms with Crippen LogP contribution in [0.2, 0.25) is 0 Å². The molecule has 4 nitrogen and oxygen atoms in total. The second-order valence-corrected chi connectivity index (χ2v) is 4.45. The first-order chi connectivity index (χ1) is 9.42. The number of fused-ring (bicyclic) bond motifs is 1. The van der Waals surface area contributed by atoms with E-state index >= 15 is 0 Å². The molecule has 0 aliphatic carbocycles. The lowest BCUT2D eigenvalue weighted by Crippen LogP contribution is -2.03. The number of para-hydroxylation sites is 1. The lowest BCUT2D eigenvalue weighted by Gasteiger charge is -2.04. The third-order valence-electron chi connectivity index (χ3n) is 3.00. The Balaban J connectivity index is 1.52. The highest BCUT2D eigenvalue weighted by Crippen LogP contribution is 2.09. The normalized spacial score (nSPS) is 10.7. The van der Waals surface area contributed by atoms with Crippen molar-refractivity contribution in [2.45, 2.75) is 12.8 Å². The average Bonchev–Trinajstić information content (AvgIpc) is 2.87. The molecule has 0 bridgehead atoms. The van der Waals surface area contributed by atoms with Gasteiger partial charge in [-0.25, -0.2) is 9.97 Å². The van der Waals surface area contributed by atoms with Gasteiger partial charge >= 0.3 is 0 Å². The number of aromatic nitrogens is 3. The van der Waals surface area contributed by atoms with Gasteiger partial charge in [-0.15, -0.1) is 0 Å². The zero-order chi connectivity index (χ0) is 12.9. The molecule has 3 aromatic rings. The molecule has 0 saturated heterocycles. The molecule has 0 aliphatic heterocycles. The van der Waals surface area contributed by atoms with Gasteiger partial charge in [0.1, 0.15) is 5.82 Å². The van der Waals surface area contributed by atoms with Crippen molar-refractivity contribution in [2.75, 3.05) is 11.9 Å². The number of rotatable bonds is 5. The van der Waals surface area contributed by atoms with Crippen LogP contribution in [0.4, 0.5) is 5.69 Å². The molecule has 1 aromatic carbocycles. The van der Waals surface area contributed by atoms with Gasteiger partial charge in [-0.3, -0.25) is 0 Å². The number of imidazole rings is 1. The van der Waals surface area contributed by atoms with Crippen LogP contribution in [0.25, 0.3) is 11.2 Å². The van der Waals surface area contributed by atoms with E-state index in [0.29, 0.717) is 0 Å². The minimum Gasteiger partial charge on any atom is -0.385 e. The summed E-state index contributed by atoms with van der Waals surface area (Å²) in [6.45, 7) is 0.939. The predicted molar refractivity (Wildman–Crippen MR) is 77.1 cm³/mol. The standard InChI is InChI=1S/C15H16N4/c1-2-6-12(7-3-1)16-10-5-9-14-18-13-8-4-11-17-15(13)19-14/h1-4,6-8,11,16H,5,9-10H2,(H,17,18,19). The molecule has 4 heteroatoms. The number of H-pyrrole nitrogens is 1. The van der Waals surface area contributed by atoms with E-state index in [1.807, 2.05) is 30.3 Å². The van der Waals surface area contributed by atoms with Gasteiger partial charge < -0.3 is 10.3 Å². The molecule has 2 N–H and O–H groups in total. The van der Waals surface area contributed by atoms with E-state index in [2.05, 4.69) is 32.4 Å². The zero-order valence-corrected chi connectivity index (χ0v) is 10.6. The van der Waals surface area contributed by atoms with E-state index in [9.17, 15) is 0 Å². The van der Waals surface area contributed by atoms with Crippen LogP contribution in [-0.2, 0) is 6.42 Å². The van der Waals surface area contributed by atoms with E-state index in [4.69, 9.17) is 0 Å². The van der Waals surface area contributed by atoms with E-state index in [-0.39, 0.29) is 0 Å². The second-order valence-electron chi connectivity index (χ2n) is 4.45. The SMILES string of the molecule is c1ccc(NCCCc2nc3ncccc3[nH]2)cc1. The monoisotopic (exact) mass is 252 g/mol. The number of aryl methyl sites for hydroxylation is 1. The third kappa shape index (κ3) is 2.91. The van der Waals surface area contributed by atoms with Crippen molar-refractivity contribution >= 4 is 16.9 Å². The summed E-state index contributed by atoms with van der Waals surface area (Å²) in [5, 5.41) is 3.39. The second kappa shape index (κ2) is 5.52. The smallest absolute Gasteiger partial charge is 0.177 e. The Morgan fingerprint density at radius 3 is 2.79 bits per heavy atom. The number of aromatic amines is 1. The van der Waals surface area contributed by atoms with Crippen molar-refractivity contribution in [3.63, 3.8) is 0 Å². The Hall–Kier alpha value is -2.36. The van der Waals surface area contributed by atoms with Gasteiger partial charge in [-0.05, 0) is 30.7 Å². The van der Waals surface area contributed by atoms with E-state index < -0.39 is 0 Å². The summed E-state index contributed by atoms with van der Waals surface area (Å²) in [4.78, 5) is 12.0. The van der Waals surface area contributed by atoms with E-state index in [1.54, 1.807) is 6.20 Å². The molecule has 0 saturated carbocycles. The van der Waals surface area contributed by atoms with Crippen molar-refractivity contribution in [2.24, 2.45) is 0 Å². The predicted octanol–water partition coefficient (Wildman–Crippen LogP) is 3.00. The first-order valence-electron chi connectivity index (χ1n) is 6.50. The van der Waals surface area contributed by atoms with Gasteiger partial charge in [0.05, 0.1) is 5.52 Å². The van der Waals surface area contributed by atoms with Gasteiger partial charge in [0, 0.05) is 24.8 Å². The highest BCUT2D eigenvalue weighted by Gasteiger charge is 2.02. The maximum Gasteiger partial charge on any atom is 0.177 e. The van der Waals surface area contributed by atoms with Crippen molar-refractivity contribution in [3.8, 4) is 0 Å². The quantitative estimate of drug-likeness (QED) is 0.686. The maximum atomic E-state index is 4.46. The molecule has 2 aromatic heterocycles. The van der Waals surface area contributed by atoms with Crippen LogP contribution in [0.15, 0.2) is 48.7 Å². The Bertz CT molecular complexity index is 612. The number of hydrogen-bond acceptors (Lipinski definition) is 3. The number of anilines is 1. The summed E-state index contributed by atoms with van der Waals surface area (Å²) in [6.07, 6.45) is 3.73. The molecular formula is C15H16N4. The lowest BCUT2D eigenvalue weighted by atomic mass is 10.2. The Kier molecular flexibility index (Phi) is 3.40. The minimum atomic E-state index is 0.800. The fourth-order valence-corrected chi connectivity index (χ4v) is 2.06. The van der Waals surface area contributed by atoms with Crippen LogP contribution in [0.3, 0.4) is 0 Å². The largest absolute Gasteiger partial charge is 0.385 e. The highest BCUT2D eigenvalue weighted by atomic mass is 15.0. The lowest BCUT2D eigenvalue weighted by molar-refractivity contribution is 0.819. The Morgan fingerprint density at radius 1 is 1.05 bits per heavy atom. The summed E-state index contributed by atoms with van der Waals surface area (Å²) in [5.74, 6) is 1.00. The van der Waals surface area contributed by atoms with Crippen molar-refractivity contribution < 1.29 is 0 Å². The van der Waals surface area contributed by atoms with Gasteiger partial charge in [0.25, 0.3) is 0 Å². The van der Waals surface area contributed by atoms with Crippen LogP contribution < -0.4 is 5.32 Å². The van der Waals surface area contributed by atoms with Crippen LogP contribution >= 0.6 is 0 Å². The molecule has 0 spiro atoms. The summed E-state index contributed by atoms with van der Waals surface area (Å²) in [7, 11) is 0. The molecule has 19 heavy (non-hydrogen) atoms. The van der Waals surface area contributed by atoms with Crippen molar-refractivity contribution in [3.05, 3.63) is 54.5 Å². The highest BCUT2D eigenvalue weighted by molar-refractivity contribution is 5.69. The number of hydrogen-bond donors (Lipinski definition) is 2. The molecule has 0 fully saturated rings. The minimum absolute atomic E-state index is 0.800. The first-order valence-corrected chi connectivity index (χ1v) is 6.50. The summed E-state index contributed by atoms with van der Waals surface area (Å²) >= 11 is 0. The molecular weight excluding hydrogens is 236 g/mol. The van der Waals surface area contributed by atoms with Gasteiger partial charge in [-0.2, -0.15) is 0 Å². The van der Waals surface area contributed by atoms with Gasteiger partial charge in [-0.1, -0.05) is 18.2 Å². The third-order valence-corrected chi connectivity index (χ3v) is 3.00. The summed E-state index contributed by atoms with van der Waals surface area (Å²) < 4.78 is 0. The number of nitrogens with zero attached hydrogens (tertiary/aromatic N) is 2. The molecule has 0 aliphatic rings. The number of benzene rings is 1. The van der Waals surface area contributed by atoms with Crippen LogP contribution in [0.1, 0.15) is 12.2 Å². The van der Waals surface area contributed by atoms with Crippen LogP contribution in [0.5, 0.6) is 0 Å². The number of pyridine rings is 1. The fourth-order valence-electron chi connectivity index (χ4n) is 2.06. The topological polar surface area (TPSA) is 53.6 Å². The molecule has 2 heterocycles. The molecule has 96 valence electrons. The molecule has 0 amide bonds. The van der Waals surface area contributed by atoms with Crippen LogP contribution in [-0.4, -0.2) is 21.5 Å². The molecule has 0 atom stereocenters. The van der Waals surface area contributed by atoms with Gasteiger partial charge in [0.15, 0.2) is 5.65 Å². The van der Waals surface area contributed by atoms with Gasteiger partial charge in [0.2, 0.25) is 0 Å². The van der Waals surface area contributed by atoms with E-state index in [0.717, 1.165) is 42.1 Å². The van der Waals surface area contributed by atoms with Crippen molar-refractivity contribution in [1.82, 2.24) is 15.0 Å². The van der Waals surface area contributed by atoms with E-state index in [1.165, 1.54) is 0 Å². The fraction of sp³-hybridized carbons (Fsp3) is 0.200. The molecule has 3 rings (SSSR count). The number of nitrogens with one attached hydrogen (secondary N) is 2. The summed E-state index contributed by atoms with van der Waals surface area (Å²) in [5.41, 5.74) is 2.97. The Morgan fingerprint density at radius 2 is 1.95 bits per heavy atom. The average molecular weight is 252 g/mol. The Labute approximate surface area is 111 Å². The maximum absolute atomic E-state index is 4.46. The first kappa shape index (κ1) is 11.7. The molecule has 0 unspecified atom stereocenters. The van der Waals surface area contributed by atoms with Crippen molar-refractivity contribution in [1.29, 1.82) is 0 Å². The van der Waals surface area contributed by atoms with Crippen LogP contribution in [0, 0.1) is 0 Å². The zero-order valence-electron chi connectivity index (χ0n) is 10.6. The summed E-state index contributed by atoms with van der Waals surface area (Å²) in [6, 6.07) is 14.2.